The molecule has 1 aliphatic heterocycles. The van der Waals surface area contributed by atoms with Crippen LogP contribution in [0, 0.1) is 5.92 Å². The zero-order chi connectivity index (χ0) is 11.3. The molecule has 0 saturated carbocycles. The van der Waals surface area contributed by atoms with Crippen LogP contribution in [0.15, 0.2) is 0 Å². The first-order valence-electron chi connectivity index (χ1n) is 5.13. The highest BCUT2D eigenvalue weighted by Crippen LogP contribution is 2.14. The topological polar surface area (TPSA) is 101 Å². The van der Waals surface area contributed by atoms with Crippen molar-refractivity contribution in [3.63, 3.8) is 0 Å². The van der Waals surface area contributed by atoms with Crippen molar-refractivity contribution in [2.45, 2.75) is 12.8 Å². The van der Waals surface area contributed by atoms with Crippen molar-refractivity contribution >= 4 is 11.9 Å². The van der Waals surface area contributed by atoms with E-state index in [-0.39, 0.29) is 18.5 Å². The minimum atomic E-state index is -0.366. The lowest BCUT2D eigenvalue weighted by Crippen LogP contribution is -2.45. The zero-order valence-corrected chi connectivity index (χ0v) is 8.74. The predicted molar refractivity (Wildman–Crippen MR) is 55.9 cm³/mol. The van der Waals surface area contributed by atoms with Gasteiger partial charge in [-0.2, -0.15) is 0 Å². The monoisotopic (exact) mass is 214 g/mol. The maximum atomic E-state index is 10.9. The summed E-state index contributed by atoms with van der Waals surface area (Å²) >= 11 is 0. The molecule has 1 aliphatic rings. The number of nitrogens with zero attached hydrogens (tertiary/aromatic N) is 1. The molecule has 15 heavy (non-hydrogen) atoms. The quantitative estimate of drug-likeness (QED) is 0.551. The number of rotatable bonds is 4. The third kappa shape index (κ3) is 4.16. The van der Waals surface area contributed by atoms with Crippen molar-refractivity contribution in [3.8, 4) is 0 Å². The summed E-state index contributed by atoms with van der Waals surface area (Å²) in [6, 6.07) is -0.366. The number of urea groups is 1. The number of primary amides is 2. The Morgan fingerprint density at radius 1 is 1.40 bits per heavy atom. The summed E-state index contributed by atoms with van der Waals surface area (Å²) in [5.41, 5.74) is 10.2. The highest BCUT2D eigenvalue weighted by atomic mass is 16.2. The molecule has 1 atom stereocenters. The number of nitrogens with one attached hydrogen (secondary N) is 1. The number of carbonyl (C=O) groups is 2. The van der Waals surface area contributed by atoms with Crippen molar-refractivity contribution in [1.29, 1.82) is 0 Å². The predicted octanol–water partition coefficient (Wildman–Crippen LogP) is -1.15. The Morgan fingerprint density at radius 2 is 2.13 bits per heavy atom. The van der Waals surface area contributed by atoms with Crippen molar-refractivity contribution in [3.05, 3.63) is 0 Å². The molecule has 5 N–H and O–H groups in total. The Morgan fingerprint density at radius 3 is 2.73 bits per heavy atom. The molecule has 0 aliphatic carbocycles. The van der Waals surface area contributed by atoms with E-state index < -0.39 is 0 Å². The minimum Gasteiger partial charge on any atom is -0.369 e. The number of hydrogen-bond donors (Lipinski definition) is 3. The number of hydrogen-bond acceptors (Lipinski definition) is 3. The molecule has 6 heteroatoms. The third-order valence-electron chi connectivity index (χ3n) is 2.56. The molecule has 1 heterocycles. The Balaban J connectivity index is 2.24. The van der Waals surface area contributed by atoms with Gasteiger partial charge in [-0.25, -0.2) is 4.79 Å². The van der Waals surface area contributed by atoms with Crippen LogP contribution < -0.4 is 16.8 Å². The molecule has 1 unspecified atom stereocenters. The number of amides is 3. The lowest BCUT2D eigenvalue weighted by molar-refractivity contribution is -0.117. The molecule has 0 bridgehead atoms. The molecule has 0 spiro atoms. The molecule has 1 saturated heterocycles. The molecule has 86 valence electrons. The largest absolute Gasteiger partial charge is 0.369 e. The fourth-order valence-corrected chi connectivity index (χ4v) is 1.83. The van der Waals surface area contributed by atoms with Crippen LogP contribution in [0.4, 0.5) is 4.79 Å². The number of likely N-dealkylation sites (tertiary alicyclic amines) is 1. The van der Waals surface area contributed by atoms with Crippen LogP contribution in [-0.4, -0.2) is 43.0 Å². The fraction of sp³-hybridized carbons (Fsp3) is 0.778. The molecule has 0 radical (unpaired) electrons. The maximum absolute atomic E-state index is 10.9. The Kier molecular flexibility index (Phi) is 4.36. The van der Waals surface area contributed by atoms with Gasteiger partial charge in [-0.15, -0.1) is 0 Å². The molecule has 0 aromatic heterocycles. The van der Waals surface area contributed by atoms with Crippen molar-refractivity contribution < 1.29 is 9.59 Å². The molecule has 0 aromatic rings. The third-order valence-corrected chi connectivity index (χ3v) is 2.56. The smallest absolute Gasteiger partial charge is 0.314 e. The van der Waals surface area contributed by atoms with Crippen molar-refractivity contribution in [2.24, 2.45) is 17.4 Å². The number of nitrogens with two attached hydrogens (primary N) is 2. The lowest BCUT2D eigenvalue weighted by Gasteiger charge is -2.31. The lowest BCUT2D eigenvalue weighted by atomic mass is 9.98. The fourth-order valence-electron chi connectivity index (χ4n) is 1.83. The van der Waals surface area contributed by atoms with E-state index in [1.807, 2.05) is 0 Å². The second-order valence-corrected chi connectivity index (χ2v) is 3.89. The van der Waals surface area contributed by atoms with Crippen LogP contribution in [0.3, 0.4) is 0 Å². The highest BCUT2D eigenvalue weighted by molar-refractivity contribution is 5.75. The average molecular weight is 214 g/mol. The molecule has 1 fully saturated rings. The van der Waals surface area contributed by atoms with E-state index in [9.17, 15) is 9.59 Å². The Hall–Kier alpha value is -1.30. The van der Waals surface area contributed by atoms with Gasteiger partial charge in [-0.1, -0.05) is 0 Å². The molecular weight excluding hydrogens is 196 g/mol. The first-order valence-corrected chi connectivity index (χ1v) is 5.13. The molecule has 6 nitrogen and oxygen atoms in total. The van der Waals surface area contributed by atoms with Crippen LogP contribution in [0.1, 0.15) is 12.8 Å². The van der Waals surface area contributed by atoms with Crippen LogP contribution >= 0.6 is 0 Å². The van der Waals surface area contributed by atoms with Gasteiger partial charge in [0, 0.05) is 19.6 Å². The molecule has 0 aromatic carbocycles. The number of piperidine rings is 1. The van der Waals surface area contributed by atoms with E-state index in [2.05, 4.69) is 5.32 Å². The van der Waals surface area contributed by atoms with Gasteiger partial charge in [0.15, 0.2) is 0 Å². The van der Waals surface area contributed by atoms with Gasteiger partial charge in [0.05, 0.1) is 6.54 Å². The number of carbonyl (C=O) groups excluding carboxylic acids is 2. The Bertz CT molecular complexity index is 244. The second-order valence-electron chi connectivity index (χ2n) is 3.89. The molecule has 3 amide bonds. The van der Waals surface area contributed by atoms with Gasteiger partial charge in [-0.3, -0.25) is 4.79 Å². The summed E-state index contributed by atoms with van der Waals surface area (Å²) in [6.45, 7) is 2.29. The van der Waals surface area contributed by atoms with Crippen LogP contribution in [0.2, 0.25) is 0 Å². The van der Waals surface area contributed by atoms with Gasteiger partial charge < -0.3 is 21.7 Å². The van der Waals surface area contributed by atoms with Gasteiger partial charge in [0.2, 0.25) is 5.91 Å². The highest BCUT2D eigenvalue weighted by Gasteiger charge is 2.21. The summed E-state index contributed by atoms with van der Waals surface area (Å²) in [7, 11) is 0. The van der Waals surface area contributed by atoms with Gasteiger partial charge in [-0.05, 0) is 18.8 Å². The van der Waals surface area contributed by atoms with E-state index in [4.69, 9.17) is 11.5 Å². The van der Waals surface area contributed by atoms with Crippen molar-refractivity contribution in [2.75, 3.05) is 26.2 Å². The maximum Gasteiger partial charge on any atom is 0.314 e. The zero-order valence-electron chi connectivity index (χ0n) is 8.74. The molecule has 1 rings (SSSR count). The van der Waals surface area contributed by atoms with Gasteiger partial charge in [0.25, 0.3) is 0 Å². The summed E-state index contributed by atoms with van der Waals surface area (Å²) in [5.74, 6) is 0.00293. The Labute approximate surface area is 89.0 Å². The summed E-state index contributed by atoms with van der Waals surface area (Å²) in [6.07, 6.45) is 2.02. The van der Waals surface area contributed by atoms with Gasteiger partial charge in [0.1, 0.15) is 0 Å². The van der Waals surface area contributed by atoms with E-state index >= 15 is 0 Å². The second kappa shape index (κ2) is 5.55. The van der Waals surface area contributed by atoms with Crippen LogP contribution in [-0.2, 0) is 4.79 Å². The SMILES string of the molecule is NC(=O)CNCC1CCCN(C(N)=O)C1. The van der Waals surface area contributed by atoms with E-state index in [0.29, 0.717) is 19.0 Å². The normalized spacial score (nSPS) is 21.3. The summed E-state index contributed by atoms with van der Waals surface area (Å²) in [4.78, 5) is 23.1. The first kappa shape index (κ1) is 11.8. The van der Waals surface area contributed by atoms with Gasteiger partial charge >= 0.3 is 6.03 Å². The van der Waals surface area contributed by atoms with Crippen LogP contribution in [0.25, 0.3) is 0 Å². The summed E-state index contributed by atoms with van der Waals surface area (Å²) < 4.78 is 0. The van der Waals surface area contributed by atoms with E-state index in [1.54, 1.807) is 4.90 Å². The van der Waals surface area contributed by atoms with E-state index in [1.165, 1.54) is 0 Å². The van der Waals surface area contributed by atoms with Crippen LogP contribution in [0.5, 0.6) is 0 Å². The standard InChI is InChI=1S/C9H18N4O2/c10-8(14)5-12-4-7-2-1-3-13(6-7)9(11)15/h7,12H,1-6H2,(H2,10,14)(H2,11,15). The minimum absolute atomic E-state index is 0.188. The van der Waals surface area contributed by atoms with Crippen molar-refractivity contribution in [1.82, 2.24) is 10.2 Å². The first-order chi connectivity index (χ1) is 7.09. The summed E-state index contributed by atoms with van der Waals surface area (Å²) in [5, 5.41) is 2.96. The molecular formula is C9H18N4O2. The van der Waals surface area contributed by atoms with E-state index in [0.717, 1.165) is 19.4 Å². The average Bonchev–Trinajstić information content (AvgIpc) is 2.17.